The molecule has 0 bridgehead atoms. The van der Waals surface area contributed by atoms with Crippen LogP contribution in [0.3, 0.4) is 0 Å². The fourth-order valence-electron chi connectivity index (χ4n) is 3.54. The Hall–Kier alpha value is -3.39. The molecule has 166 valence electrons. The normalized spacial score (nSPS) is 15.6. The van der Waals surface area contributed by atoms with Crippen LogP contribution in [0.15, 0.2) is 77.7 Å². The van der Waals surface area contributed by atoms with Gasteiger partial charge >= 0.3 is 0 Å². The van der Waals surface area contributed by atoms with Crippen LogP contribution in [0.5, 0.6) is 5.75 Å². The zero-order valence-corrected chi connectivity index (χ0v) is 18.3. The SMILES string of the molecule is Cc1ccc2c(c1)OC(C(=O)NCCc1ccc(F)cc1)CN2S(=O)(=O)c1ccccc1. The average Bonchev–Trinajstić information content (AvgIpc) is 2.80. The first kappa shape index (κ1) is 21.8. The minimum Gasteiger partial charge on any atom is -0.476 e. The molecular formula is C24H23FN2O4S. The van der Waals surface area contributed by atoms with E-state index in [0.29, 0.717) is 24.4 Å². The van der Waals surface area contributed by atoms with Crippen molar-refractivity contribution in [2.24, 2.45) is 0 Å². The maximum Gasteiger partial charge on any atom is 0.264 e. The van der Waals surface area contributed by atoms with E-state index >= 15 is 0 Å². The number of nitrogens with one attached hydrogen (secondary N) is 1. The van der Waals surface area contributed by atoms with Crippen molar-refractivity contribution in [2.75, 3.05) is 17.4 Å². The largest absolute Gasteiger partial charge is 0.476 e. The summed E-state index contributed by atoms with van der Waals surface area (Å²) >= 11 is 0. The van der Waals surface area contributed by atoms with E-state index in [0.717, 1.165) is 11.1 Å². The van der Waals surface area contributed by atoms with Crippen molar-refractivity contribution in [2.45, 2.75) is 24.3 Å². The van der Waals surface area contributed by atoms with E-state index < -0.39 is 22.0 Å². The first-order valence-corrected chi connectivity index (χ1v) is 11.7. The molecule has 0 radical (unpaired) electrons. The second-order valence-electron chi connectivity index (χ2n) is 7.59. The Balaban J connectivity index is 1.54. The van der Waals surface area contributed by atoms with Crippen LogP contribution in [-0.2, 0) is 21.2 Å². The second kappa shape index (κ2) is 9.00. The van der Waals surface area contributed by atoms with Crippen molar-refractivity contribution >= 4 is 21.6 Å². The third-order valence-electron chi connectivity index (χ3n) is 5.23. The number of benzene rings is 3. The number of amides is 1. The van der Waals surface area contributed by atoms with E-state index in [1.165, 1.54) is 28.6 Å². The lowest BCUT2D eigenvalue weighted by molar-refractivity contribution is -0.127. The lowest BCUT2D eigenvalue weighted by atomic mass is 10.1. The molecule has 3 aromatic carbocycles. The molecule has 0 saturated heterocycles. The lowest BCUT2D eigenvalue weighted by Crippen LogP contribution is -2.51. The van der Waals surface area contributed by atoms with Gasteiger partial charge in [-0.05, 0) is 60.9 Å². The van der Waals surface area contributed by atoms with Gasteiger partial charge in [-0.1, -0.05) is 36.4 Å². The van der Waals surface area contributed by atoms with E-state index in [1.54, 1.807) is 48.5 Å². The third-order valence-corrected chi connectivity index (χ3v) is 7.03. The van der Waals surface area contributed by atoms with Gasteiger partial charge in [-0.15, -0.1) is 0 Å². The van der Waals surface area contributed by atoms with Crippen molar-refractivity contribution < 1.29 is 22.3 Å². The Bertz CT molecular complexity index is 1210. The molecular weight excluding hydrogens is 431 g/mol. The minimum absolute atomic E-state index is 0.142. The molecule has 0 saturated carbocycles. The standard InChI is InChI=1S/C24H23FN2O4S/c1-17-7-12-21-22(15-17)31-23(16-27(21)32(29,30)20-5-3-2-4-6-20)24(28)26-14-13-18-8-10-19(25)11-9-18/h2-12,15,23H,13-14,16H2,1H3,(H,26,28). The summed E-state index contributed by atoms with van der Waals surface area (Å²) < 4.78 is 46.8. The van der Waals surface area contributed by atoms with Crippen LogP contribution in [0.2, 0.25) is 0 Å². The number of hydrogen-bond acceptors (Lipinski definition) is 4. The Kier molecular flexibility index (Phi) is 6.14. The molecule has 3 aromatic rings. The van der Waals surface area contributed by atoms with Crippen molar-refractivity contribution in [3.05, 3.63) is 89.7 Å². The van der Waals surface area contributed by atoms with Gasteiger partial charge in [0.15, 0.2) is 6.10 Å². The Morgan fingerprint density at radius 3 is 2.53 bits per heavy atom. The number of aryl methyl sites for hydroxylation is 1. The summed E-state index contributed by atoms with van der Waals surface area (Å²) in [5.74, 6) is -0.385. The van der Waals surface area contributed by atoms with Crippen molar-refractivity contribution in [3.8, 4) is 5.75 Å². The van der Waals surface area contributed by atoms with E-state index in [-0.39, 0.29) is 17.3 Å². The smallest absolute Gasteiger partial charge is 0.264 e. The number of carbonyl (C=O) groups is 1. The zero-order chi connectivity index (χ0) is 22.7. The Labute approximate surface area is 186 Å². The van der Waals surface area contributed by atoms with Gasteiger partial charge in [0.1, 0.15) is 11.6 Å². The monoisotopic (exact) mass is 454 g/mol. The highest BCUT2D eigenvalue weighted by molar-refractivity contribution is 7.92. The van der Waals surface area contributed by atoms with Crippen LogP contribution >= 0.6 is 0 Å². The summed E-state index contributed by atoms with van der Waals surface area (Å²) in [5, 5.41) is 2.79. The summed E-state index contributed by atoms with van der Waals surface area (Å²) in [4.78, 5) is 13.0. The number of nitrogens with zero attached hydrogens (tertiary/aromatic N) is 1. The van der Waals surface area contributed by atoms with Gasteiger partial charge in [0, 0.05) is 6.54 Å². The highest BCUT2D eigenvalue weighted by atomic mass is 32.2. The number of carbonyl (C=O) groups excluding carboxylic acids is 1. The average molecular weight is 455 g/mol. The molecule has 4 rings (SSSR count). The van der Waals surface area contributed by atoms with Gasteiger partial charge < -0.3 is 10.1 Å². The van der Waals surface area contributed by atoms with Gasteiger partial charge in [0.2, 0.25) is 0 Å². The van der Waals surface area contributed by atoms with E-state index in [9.17, 15) is 17.6 Å². The molecule has 0 aliphatic carbocycles. The Morgan fingerprint density at radius 1 is 1.09 bits per heavy atom. The number of halogens is 1. The number of anilines is 1. The topological polar surface area (TPSA) is 75.7 Å². The molecule has 6 nitrogen and oxygen atoms in total. The van der Waals surface area contributed by atoms with Crippen LogP contribution in [0, 0.1) is 12.7 Å². The van der Waals surface area contributed by atoms with Crippen LogP contribution in [0.25, 0.3) is 0 Å². The second-order valence-corrected chi connectivity index (χ2v) is 9.46. The molecule has 1 unspecified atom stereocenters. The molecule has 0 aromatic heterocycles. The summed E-state index contributed by atoms with van der Waals surface area (Å²) in [7, 11) is -3.88. The zero-order valence-electron chi connectivity index (χ0n) is 17.5. The maximum atomic E-state index is 13.3. The van der Waals surface area contributed by atoms with Crippen LogP contribution in [-0.4, -0.2) is 33.5 Å². The van der Waals surface area contributed by atoms with Crippen molar-refractivity contribution in [3.63, 3.8) is 0 Å². The number of rotatable bonds is 6. The lowest BCUT2D eigenvalue weighted by Gasteiger charge is -2.35. The summed E-state index contributed by atoms with van der Waals surface area (Å²) in [6.07, 6.45) is -0.489. The number of hydrogen-bond donors (Lipinski definition) is 1. The minimum atomic E-state index is -3.88. The number of ether oxygens (including phenoxy) is 1. The van der Waals surface area contributed by atoms with Gasteiger partial charge in [-0.2, -0.15) is 0 Å². The number of sulfonamides is 1. The summed E-state index contributed by atoms with van der Waals surface area (Å²) in [5.41, 5.74) is 2.17. The fraction of sp³-hybridized carbons (Fsp3) is 0.208. The summed E-state index contributed by atoms with van der Waals surface area (Å²) in [6.45, 7) is 2.04. The summed E-state index contributed by atoms with van der Waals surface area (Å²) in [6, 6.07) is 19.4. The molecule has 1 aliphatic rings. The van der Waals surface area contributed by atoms with Gasteiger partial charge in [0.05, 0.1) is 17.1 Å². The van der Waals surface area contributed by atoms with Crippen LogP contribution in [0.1, 0.15) is 11.1 Å². The van der Waals surface area contributed by atoms with Gasteiger partial charge in [-0.25, -0.2) is 12.8 Å². The highest BCUT2D eigenvalue weighted by Gasteiger charge is 2.37. The molecule has 32 heavy (non-hydrogen) atoms. The van der Waals surface area contributed by atoms with Crippen molar-refractivity contribution in [1.82, 2.24) is 5.32 Å². The molecule has 1 N–H and O–H groups in total. The molecule has 1 heterocycles. The predicted octanol–water partition coefficient (Wildman–Crippen LogP) is 3.45. The molecule has 1 aliphatic heterocycles. The molecule has 1 amide bonds. The molecule has 0 fully saturated rings. The Morgan fingerprint density at radius 2 is 1.81 bits per heavy atom. The van der Waals surface area contributed by atoms with Gasteiger partial charge in [-0.3, -0.25) is 9.10 Å². The molecule has 1 atom stereocenters. The third kappa shape index (κ3) is 4.60. The van der Waals surface area contributed by atoms with E-state index in [2.05, 4.69) is 5.32 Å². The van der Waals surface area contributed by atoms with Crippen LogP contribution in [0.4, 0.5) is 10.1 Å². The van der Waals surface area contributed by atoms with E-state index in [4.69, 9.17) is 4.74 Å². The quantitative estimate of drug-likeness (QED) is 0.619. The highest BCUT2D eigenvalue weighted by Crippen LogP contribution is 2.37. The fourth-order valence-corrected chi connectivity index (χ4v) is 5.04. The molecule has 8 heteroatoms. The molecule has 0 spiro atoms. The maximum absolute atomic E-state index is 13.3. The first-order valence-electron chi connectivity index (χ1n) is 10.2. The van der Waals surface area contributed by atoms with Gasteiger partial charge in [0.25, 0.3) is 15.9 Å². The first-order chi connectivity index (χ1) is 15.3. The van der Waals surface area contributed by atoms with Crippen LogP contribution < -0.4 is 14.4 Å². The van der Waals surface area contributed by atoms with E-state index in [1.807, 2.05) is 6.92 Å². The van der Waals surface area contributed by atoms with Crippen molar-refractivity contribution in [1.29, 1.82) is 0 Å². The number of fused-ring (bicyclic) bond motifs is 1. The predicted molar refractivity (Wildman–Crippen MR) is 120 cm³/mol.